The fourth-order valence-electron chi connectivity index (χ4n) is 1.20. The van der Waals surface area contributed by atoms with Crippen LogP contribution in [0.3, 0.4) is 0 Å². The van der Waals surface area contributed by atoms with Crippen LogP contribution in [0.15, 0.2) is 4.52 Å². The fourth-order valence-corrected chi connectivity index (χ4v) is 3.79. The van der Waals surface area contributed by atoms with Gasteiger partial charge in [0.2, 0.25) is 5.89 Å². The smallest absolute Gasteiger partial charge is 0.243 e. The maximum Gasteiger partial charge on any atom is 0.243 e. The van der Waals surface area contributed by atoms with Crippen molar-refractivity contribution in [2.45, 2.75) is 18.2 Å². The molecule has 2 heterocycles. The molecule has 14 heavy (non-hydrogen) atoms. The van der Waals surface area contributed by atoms with Crippen molar-refractivity contribution in [1.82, 2.24) is 10.1 Å². The number of nitrogens with zero attached hydrogens (tertiary/aromatic N) is 2. The van der Waals surface area contributed by atoms with E-state index in [9.17, 15) is 0 Å². The largest absolute Gasteiger partial charge is 0.338 e. The van der Waals surface area contributed by atoms with Crippen LogP contribution in [0.25, 0.3) is 0 Å². The summed E-state index contributed by atoms with van der Waals surface area (Å²) < 4.78 is 5.07. The highest BCUT2D eigenvalue weighted by Gasteiger charge is 2.22. The molecule has 1 saturated heterocycles. The Labute approximate surface area is 91.4 Å². The minimum atomic E-state index is -0.169. The van der Waals surface area contributed by atoms with E-state index < -0.39 is 0 Å². The van der Waals surface area contributed by atoms with Crippen molar-refractivity contribution >= 4 is 23.5 Å². The number of hydrogen-bond donors (Lipinski definition) is 1. The third-order valence-electron chi connectivity index (χ3n) is 1.95. The van der Waals surface area contributed by atoms with Gasteiger partial charge in [-0.15, -0.1) is 11.8 Å². The lowest BCUT2D eigenvalue weighted by atomic mass is 10.4. The zero-order chi connectivity index (χ0) is 9.97. The quantitative estimate of drug-likeness (QED) is 0.834. The van der Waals surface area contributed by atoms with Crippen molar-refractivity contribution in [3.63, 3.8) is 0 Å². The normalized spacial score (nSPS) is 24.9. The third kappa shape index (κ3) is 2.24. The predicted molar refractivity (Wildman–Crippen MR) is 59.4 cm³/mol. The lowest BCUT2D eigenvalue weighted by Crippen LogP contribution is -2.09. The van der Waals surface area contributed by atoms with Crippen molar-refractivity contribution in [1.29, 1.82) is 0 Å². The average Bonchev–Trinajstić information content (AvgIpc) is 2.68. The van der Waals surface area contributed by atoms with Crippen LogP contribution in [0.4, 0.5) is 0 Å². The molecular weight excluding hydrogens is 218 g/mol. The van der Waals surface area contributed by atoms with Gasteiger partial charge in [0.15, 0.2) is 5.82 Å². The first-order valence-corrected chi connectivity index (χ1v) is 6.76. The van der Waals surface area contributed by atoms with E-state index in [0.29, 0.717) is 11.1 Å². The minimum Gasteiger partial charge on any atom is -0.338 e. The second-order valence-corrected chi connectivity index (χ2v) is 5.67. The zero-order valence-electron chi connectivity index (χ0n) is 7.97. The Bertz CT molecular complexity index is 297. The van der Waals surface area contributed by atoms with Crippen LogP contribution in [-0.2, 0) is 0 Å². The van der Waals surface area contributed by atoms with E-state index in [0.717, 1.165) is 17.3 Å². The van der Waals surface area contributed by atoms with E-state index in [2.05, 4.69) is 10.1 Å². The molecule has 1 aliphatic heterocycles. The lowest BCUT2D eigenvalue weighted by Gasteiger charge is -2.17. The van der Waals surface area contributed by atoms with E-state index in [-0.39, 0.29) is 6.04 Å². The first-order valence-electron chi connectivity index (χ1n) is 4.56. The molecule has 2 unspecified atom stereocenters. The number of rotatable bonds is 2. The topological polar surface area (TPSA) is 64.9 Å². The summed E-state index contributed by atoms with van der Waals surface area (Å²) in [6, 6.07) is -0.169. The SMILES string of the molecule is CC(N)c1nc(C2CSCCS2)no1. The second-order valence-electron chi connectivity index (χ2n) is 3.21. The molecule has 4 nitrogen and oxygen atoms in total. The molecule has 0 spiro atoms. The van der Waals surface area contributed by atoms with Gasteiger partial charge >= 0.3 is 0 Å². The molecule has 0 saturated carbocycles. The molecule has 0 bridgehead atoms. The zero-order valence-corrected chi connectivity index (χ0v) is 9.61. The number of aromatic nitrogens is 2. The van der Waals surface area contributed by atoms with Crippen molar-refractivity contribution in [3.8, 4) is 0 Å². The van der Waals surface area contributed by atoms with Gasteiger partial charge in [-0.1, -0.05) is 5.16 Å². The molecule has 0 radical (unpaired) electrons. The summed E-state index contributed by atoms with van der Waals surface area (Å²) in [4.78, 5) is 4.30. The molecule has 1 aliphatic rings. The molecule has 1 aromatic rings. The van der Waals surface area contributed by atoms with Crippen molar-refractivity contribution in [2.75, 3.05) is 17.3 Å². The van der Waals surface area contributed by atoms with Gasteiger partial charge in [-0.25, -0.2) is 0 Å². The van der Waals surface area contributed by atoms with Crippen LogP contribution in [0.1, 0.15) is 29.9 Å². The van der Waals surface area contributed by atoms with Crippen molar-refractivity contribution < 1.29 is 4.52 Å². The first-order chi connectivity index (χ1) is 6.77. The average molecular weight is 231 g/mol. The summed E-state index contributed by atoms with van der Waals surface area (Å²) >= 11 is 3.84. The third-order valence-corrected chi connectivity index (χ3v) is 4.70. The Morgan fingerprint density at radius 3 is 3.00 bits per heavy atom. The van der Waals surface area contributed by atoms with Gasteiger partial charge < -0.3 is 10.3 Å². The number of thioether (sulfide) groups is 2. The summed E-state index contributed by atoms with van der Waals surface area (Å²) in [6.07, 6.45) is 0. The molecule has 0 amide bonds. The minimum absolute atomic E-state index is 0.169. The summed E-state index contributed by atoms with van der Waals surface area (Å²) in [5.41, 5.74) is 5.65. The molecule has 0 aromatic carbocycles. The Hall–Kier alpha value is -0.200. The monoisotopic (exact) mass is 231 g/mol. The lowest BCUT2D eigenvalue weighted by molar-refractivity contribution is 0.357. The molecule has 2 rings (SSSR count). The van der Waals surface area contributed by atoms with Crippen molar-refractivity contribution in [2.24, 2.45) is 5.73 Å². The molecular formula is C8H13N3OS2. The molecule has 1 aromatic heterocycles. The van der Waals surface area contributed by atoms with Gasteiger partial charge in [-0.3, -0.25) is 0 Å². The van der Waals surface area contributed by atoms with Gasteiger partial charge in [-0.05, 0) is 6.92 Å². The van der Waals surface area contributed by atoms with Gasteiger partial charge in [0, 0.05) is 17.3 Å². The molecule has 2 N–H and O–H groups in total. The Balaban J connectivity index is 2.07. The maximum absolute atomic E-state index is 5.65. The summed E-state index contributed by atoms with van der Waals surface area (Å²) in [6.45, 7) is 1.85. The maximum atomic E-state index is 5.65. The van der Waals surface area contributed by atoms with E-state index in [1.54, 1.807) is 0 Å². The summed E-state index contributed by atoms with van der Waals surface area (Å²) in [7, 11) is 0. The van der Waals surface area contributed by atoms with E-state index in [1.165, 1.54) is 5.75 Å². The number of nitrogens with two attached hydrogens (primary N) is 1. The Morgan fingerprint density at radius 1 is 1.57 bits per heavy atom. The standard InChI is InChI=1S/C8H13N3OS2/c1-5(9)8-10-7(11-12-8)6-4-13-2-3-14-6/h5-6H,2-4,9H2,1H3. The molecule has 6 heteroatoms. The van der Waals surface area contributed by atoms with Crippen LogP contribution in [0.2, 0.25) is 0 Å². The highest BCUT2D eigenvalue weighted by Crippen LogP contribution is 2.35. The molecule has 1 fully saturated rings. The van der Waals surface area contributed by atoms with Crippen LogP contribution in [-0.4, -0.2) is 27.4 Å². The first kappa shape index (κ1) is 10.3. The summed E-state index contributed by atoms with van der Waals surface area (Å²) in [5, 5.41) is 4.34. The van der Waals surface area contributed by atoms with Crippen LogP contribution in [0, 0.1) is 0 Å². The fraction of sp³-hybridized carbons (Fsp3) is 0.750. The van der Waals surface area contributed by atoms with Crippen LogP contribution >= 0.6 is 23.5 Å². The predicted octanol–water partition coefficient (Wildman–Crippen LogP) is 1.61. The highest BCUT2D eigenvalue weighted by molar-refractivity contribution is 8.06. The Morgan fingerprint density at radius 2 is 2.43 bits per heavy atom. The summed E-state index contributed by atoms with van der Waals surface area (Å²) in [5.74, 6) is 4.80. The van der Waals surface area contributed by atoms with E-state index in [1.807, 2.05) is 30.4 Å². The van der Waals surface area contributed by atoms with Crippen molar-refractivity contribution in [3.05, 3.63) is 11.7 Å². The molecule has 0 aliphatic carbocycles. The number of hydrogen-bond acceptors (Lipinski definition) is 6. The Kier molecular flexibility index (Phi) is 3.35. The van der Waals surface area contributed by atoms with Crippen LogP contribution in [0.5, 0.6) is 0 Å². The van der Waals surface area contributed by atoms with Gasteiger partial charge in [-0.2, -0.15) is 16.7 Å². The van der Waals surface area contributed by atoms with Gasteiger partial charge in [0.05, 0.1) is 11.3 Å². The van der Waals surface area contributed by atoms with Gasteiger partial charge in [0.1, 0.15) is 0 Å². The van der Waals surface area contributed by atoms with Gasteiger partial charge in [0.25, 0.3) is 0 Å². The van der Waals surface area contributed by atoms with E-state index >= 15 is 0 Å². The highest BCUT2D eigenvalue weighted by atomic mass is 32.2. The second kappa shape index (κ2) is 4.55. The molecule has 78 valence electrons. The van der Waals surface area contributed by atoms with Crippen LogP contribution < -0.4 is 5.73 Å². The molecule has 2 atom stereocenters. The van der Waals surface area contributed by atoms with E-state index in [4.69, 9.17) is 10.3 Å².